The molecule has 1 aromatic rings. The number of thioether (sulfide) groups is 1. The van der Waals surface area contributed by atoms with Crippen LogP contribution >= 0.6 is 11.8 Å². The maximum Gasteiger partial charge on any atom is 0.281 e. The fourth-order valence-corrected chi connectivity index (χ4v) is 2.90. The molecular weight excluding hydrogens is 276 g/mol. The van der Waals surface area contributed by atoms with Gasteiger partial charge in [0.1, 0.15) is 0 Å². The van der Waals surface area contributed by atoms with Gasteiger partial charge in [-0.05, 0) is 5.56 Å². The van der Waals surface area contributed by atoms with Gasteiger partial charge in [-0.25, -0.2) is 0 Å². The minimum atomic E-state index is -0.396. The van der Waals surface area contributed by atoms with Crippen LogP contribution in [0.25, 0.3) is 0 Å². The SMILES string of the molecule is O=C(CCN1CCSC1=O)N[C@H](CO)c1ccccc1. The smallest absolute Gasteiger partial charge is 0.281 e. The third-order valence-electron chi connectivity index (χ3n) is 3.17. The van der Waals surface area contributed by atoms with Gasteiger partial charge in [-0.2, -0.15) is 0 Å². The summed E-state index contributed by atoms with van der Waals surface area (Å²) in [6.07, 6.45) is 0.260. The quantitative estimate of drug-likeness (QED) is 0.832. The first-order valence-corrected chi connectivity index (χ1v) is 7.56. The summed E-state index contributed by atoms with van der Waals surface area (Å²) >= 11 is 1.29. The maximum absolute atomic E-state index is 11.9. The van der Waals surface area contributed by atoms with Gasteiger partial charge in [-0.1, -0.05) is 42.1 Å². The molecule has 1 fully saturated rings. The molecule has 1 atom stereocenters. The second-order valence-electron chi connectivity index (χ2n) is 4.56. The largest absolute Gasteiger partial charge is 0.394 e. The van der Waals surface area contributed by atoms with E-state index in [-0.39, 0.29) is 24.2 Å². The molecule has 1 aliphatic rings. The Bertz CT molecular complexity index is 467. The molecule has 6 heteroatoms. The molecule has 1 heterocycles. The van der Waals surface area contributed by atoms with Crippen molar-refractivity contribution in [1.29, 1.82) is 0 Å². The number of carbonyl (C=O) groups excluding carboxylic acids is 2. The van der Waals surface area contributed by atoms with Gasteiger partial charge in [0.2, 0.25) is 5.91 Å². The number of benzene rings is 1. The van der Waals surface area contributed by atoms with E-state index in [9.17, 15) is 14.7 Å². The summed E-state index contributed by atoms with van der Waals surface area (Å²) in [7, 11) is 0. The van der Waals surface area contributed by atoms with Crippen LogP contribution in [0.3, 0.4) is 0 Å². The summed E-state index contributed by atoms with van der Waals surface area (Å²) in [5.74, 6) is 0.640. The Balaban J connectivity index is 1.82. The normalized spacial score (nSPS) is 16.2. The van der Waals surface area contributed by atoms with Crippen molar-refractivity contribution in [2.75, 3.05) is 25.4 Å². The highest BCUT2D eigenvalue weighted by molar-refractivity contribution is 8.13. The minimum absolute atomic E-state index is 0.0413. The molecule has 1 aliphatic heterocycles. The highest BCUT2D eigenvalue weighted by atomic mass is 32.2. The third kappa shape index (κ3) is 3.98. The highest BCUT2D eigenvalue weighted by Crippen LogP contribution is 2.17. The molecule has 0 aromatic heterocycles. The van der Waals surface area contributed by atoms with E-state index in [0.29, 0.717) is 13.1 Å². The number of aliphatic hydroxyl groups excluding tert-OH is 1. The molecule has 1 aromatic carbocycles. The predicted molar refractivity (Wildman–Crippen MR) is 78.5 cm³/mol. The fraction of sp³-hybridized carbons (Fsp3) is 0.429. The molecule has 2 N–H and O–H groups in total. The van der Waals surface area contributed by atoms with Crippen LogP contribution in [0.5, 0.6) is 0 Å². The lowest BCUT2D eigenvalue weighted by Crippen LogP contribution is -2.34. The summed E-state index contributed by atoms with van der Waals surface area (Å²) in [6.45, 7) is 0.998. The average Bonchev–Trinajstić information content (AvgIpc) is 2.89. The van der Waals surface area contributed by atoms with Crippen LogP contribution in [0, 0.1) is 0 Å². The van der Waals surface area contributed by atoms with Gasteiger partial charge in [0.05, 0.1) is 12.6 Å². The first-order chi connectivity index (χ1) is 9.70. The molecule has 2 amide bonds. The number of nitrogens with one attached hydrogen (secondary N) is 1. The average molecular weight is 294 g/mol. The predicted octanol–water partition coefficient (Wildman–Crippen LogP) is 1.40. The van der Waals surface area contributed by atoms with Crippen molar-refractivity contribution in [2.24, 2.45) is 0 Å². The number of nitrogens with zero attached hydrogens (tertiary/aromatic N) is 1. The summed E-state index contributed by atoms with van der Waals surface area (Å²) < 4.78 is 0. The van der Waals surface area contributed by atoms with Crippen molar-refractivity contribution in [3.63, 3.8) is 0 Å². The van der Waals surface area contributed by atoms with E-state index >= 15 is 0 Å². The standard InChI is InChI=1S/C14H18N2O3S/c17-10-12(11-4-2-1-3-5-11)15-13(18)6-7-16-8-9-20-14(16)19/h1-5,12,17H,6-10H2,(H,15,18)/t12-/m1/s1. The molecule has 0 saturated carbocycles. The summed E-state index contributed by atoms with van der Waals surface area (Å²) in [5.41, 5.74) is 0.871. The zero-order chi connectivity index (χ0) is 14.4. The van der Waals surface area contributed by atoms with Crippen LogP contribution < -0.4 is 5.32 Å². The van der Waals surface area contributed by atoms with Gasteiger partial charge in [0.25, 0.3) is 5.24 Å². The Morgan fingerprint density at radius 2 is 2.15 bits per heavy atom. The van der Waals surface area contributed by atoms with Gasteiger partial charge in [-0.3, -0.25) is 9.59 Å². The Hall–Kier alpha value is -1.53. The van der Waals surface area contributed by atoms with Crippen LogP contribution in [-0.4, -0.2) is 46.6 Å². The first kappa shape index (κ1) is 14.9. The molecule has 0 radical (unpaired) electrons. The number of hydrogen-bond acceptors (Lipinski definition) is 4. The monoisotopic (exact) mass is 294 g/mol. The van der Waals surface area contributed by atoms with Crippen molar-refractivity contribution >= 4 is 22.9 Å². The number of amides is 2. The number of rotatable bonds is 6. The number of hydrogen-bond donors (Lipinski definition) is 2. The van der Waals surface area contributed by atoms with Crippen LogP contribution in [0.1, 0.15) is 18.0 Å². The molecule has 108 valence electrons. The fourth-order valence-electron chi connectivity index (χ4n) is 2.05. The van der Waals surface area contributed by atoms with Crippen LogP contribution in [0.2, 0.25) is 0 Å². The van der Waals surface area contributed by atoms with Crippen LogP contribution in [0.4, 0.5) is 4.79 Å². The lowest BCUT2D eigenvalue weighted by atomic mass is 10.1. The van der Waals surface area contributed by atoms with E-state index < -0.39 is 6.04 Å². The molecule has 5 nitrogen and oxygen atoms in total. The van der Waals surface area contributed by atoms with Gasteiger partial charge in [0.15, 0.2) is 0 Å². The van der Waals surface area contributed by atoms with Gasteiger partial charge in [0, 0.05) is 25.3 Å². The summed E-state index contributed by atoms with van der Waals surface area (Å²) in [6, 6.07) is 8.95. The zero-order valence-electron chi connectivity index (χ0n) is 11.1. The van der Waals surface area contributed by atoms with Crippen molar-refractivity contribution in [2.45, 2.75) is 12.5 Å². The Morgan fingerprint density at radius 3 is 2.75 bits per heavy atom. The number of aliphatic hydroxyl groups is 1. The van der Waals surface area contributed by atoms with Crippen LogP contribution in [-0.2, 0) is 4.79 Å². The van der Waals surface area contributed by atoms with Crippen molar-refractivity contribution in [3.8, 4) is 0 Å². The summed E-state index contributed by atoms with van der Waals surface area (Å²) in [5, 5.41) is 12.2. The van der Waals surface area contributed by atoms with Crippen molar-refractivity contribution < 1.29 is 14.7 Å². The van der Waals surface area contributed by atoms with E-state index in [2.05, 4.69) is 5.32 Å². The van der Waals surface area contributed by atoms with E-state index in [1.807, 2.05) is 30.3 Å². The maximum atomic E-state index is 11.9. The minimum Gasteiger partial charge on any atom is -0.394 e. The van der Waals surface area contributed by atoms with E-state index in [4.69, 9.17) is 0 Å². The zero-order valence-corrected chi connectivity index (χ0v) is 11.9. The van der Waals surface area contributed by atoms with Gasteiger partial charge < -0.3 is 15.3 Å². The third-order valence-corrected chi connectivity index (χ3v) is 4.07. The second kappa shape index (κ2) is 7.31. The second-order valence-corrected chi connectivity index (χ2v) is 5.61. The molecule has 2 rings (SSSR count). The van der Waals surface area contributed by atoms with E-state index in [0.717, 1.165) is 11.3 Å². The lowest BCUT2D eigenvalue weighted by molar-refractivity contribution is -0.122. The topological polar surface area (TPSA) is 69.6 Å². The van der Waals surface area contributed by atoms with Crippen molar-refractivity contribution in [3.05, 3.63) is 35.9 Å². The van der Waals surface area contributed by atoms with E-state index in [1.54, 1.807) is 4.90 Å². The molecule has 0 bridgehead atoms. The van der Waals surface area contributed by atoms with Crippen molar-refractivity contribution in [1.82, 2.24) is 10.2 Å². The van der Waals surface area contributed by atoms with Crippen LogP contribution in [0.15, 0.2) is 30.3 Å². The molecule has 1 saturated heterocycles. The first-order valence-electron chi connectivity index (χ1n) is 6.57. The Kier molecular flexibility index (Phi) is 5.43. The summed E-state index contributed by atoms with van der Waals surface area (Å²) in [4.78, 5) is 25.0. The van der Waals surface area contributed by atoms with E-state index in [1.165, 1.54) is 11.8 Å². The number of carbonyl (C=O) groups is 2. The Morgan fingerprint density at radius 1 is 1.40 bits per heavy atom. The van der Waals surface area contributed by atoms with Gasteiger partial charge in [-0.15, -0.1) is 0 Å². The molecule has 0 aliphatic carbocycles. The molecule has 0 spiro atoms. The highest BCUT2D eigenvalue weighted by Gasteiger charge is 2.22. The molecule has 0 unspecified atom stereocenters. The molecule has 20 heavy (non-hydrogen) atoms. The molecular formula is C14H18N2O3S. The van der Waals surface area contributed by atoms with Gasteiger partial charge >= 0.3 is 0 Å². The lowest BCUT2D eigenvalue weighted by Gasteiger charge is -2.18. The Labute approximate surface area is 122 Å².